The van der Waals surface area contributed by atoms with Gasteiger partial charge in [-0.15, -0.1) is 0 Å². The third kappa shape index (κ3) is 2.28. The molecule has 2 unspecified atom stereocenters. The van der Waals surface area contributed by atoms with E-state index < -0.39 is 6.10 Å². The molecule has 0 saturated carbocycles. The van der Waals surface area contributed by atoms with E-state index in [1.54, 1.807) is 4.90 Å². The molecule has 2 rings (SSSR count). The molecule has 0 aromatic carbocycles. The second kappa shape index (κ2) is 5.01. The molecule has 17 heavy (non-hydrogen) atoms. The first-order chi connectivity index (χ1) is 8.17. The van der Waals surface area contributed by atoms with Gasteiger partial charge in [-0.05, 0) is 6.42 Å². The van der Waals surface area contributed by atoms with Crippen LogP contribution in [-0.4, -0.2) is 67.0 Å². The summed E-state index contributed by atoms with van der Waals surface area (Å²) in [6.45, 7) is 2.03. The van der Waals surface area contributed by atoms with E-state index >= 15 is 0 Å². The van der Waals surface area contributed by atoms with Crippen molar-refractivity contribution in [3.8, 4) is 0 Å². The second-order valence-corrected chi connectivity index (χ2v) is 4.52. The van der Waals surface area contributed by atoms with E-state index in [4.69, 9.17) is 10.5 Å². The van der Waals surface area contributed by atoms with Gasteiger partial charge in [-0.1, -0.05) is 0 Å². The number of nitrogens with zero attached hydrogens (tertiary/aromatic N) is 2. The van der Waals surface area contributed by atoms with Gasteiger partial charge in [0.25, 0.3) is 5.91 Å². The van der Waals surface area contributed by atoms with Gasteiger partial charge >= 0.3 is 0 Å². The number of hydrogen-bond acceptors (Lipinski definition) is 4. The van der Waals surface area contributed by atoms with Crippen LogP contribution in [0.25, 0.3) is 0 Å². The average molecular weight is 241 g/mol. The Hall–Kier alpha value is -1.14. The van der Waals surface area contributed by atoms with Gasteiger partial charge in [0, 0.05) is 45.8 Å². The summed E-state index contributed by atoms with van der Waals surface area (Å²) in [5, 5.41) is 0. The molecule has 0 aliphatic carbocycles. The monoisotopic (exact) mass is 241 g/mol. The highest BCUT2D eigenvalue weighted by atomic mass is 16.5. The lowest BCUT2D eigenvalue weighted by Crippen LogP contribution is -2.56. The van der Waals surface area contributed by atoms with Crippen molar-refractivity contribution in [2.75, 3.05) is 33.3 Å². The van der Waals surface area contributed by atoms with Gasteiger partial charge in [0.15, 0.2) is 0 Å². The van der Waals surface area contributed by atoms with E-state index in [0.29, 0.717) is 26.1 Å². The summed E-state index contributed by atoms with van der Waals surface area (Å²) in [4.78, 5) is 27.2. The molecule has 0 radical (unpaired) electrons. The topological polar surface area (TPSA) is 75.9 Å². The van der Waals surface area contributed by atoms with Gasteiger partial charge in [-0.25, -0.2) is 0 Å². The van der Waals surface area contributed by atoms with E-state index in [1.807, 2.05) is 4.90 Å². The van der Waals surface area contributed by atoms with E-state index in [2.05, 4.69) is 0 Å². The van der Waals surface area contributed by atoms with Gasteiger partial charge in [-0.3, -0.25) is 9.59 Å². The van der Waals surface area contributed by atoms with Crippen LogP contribution >= 0.6 is 0 Å². The Kier molecular flexibility index (Phi) is 3.63. The fourth-order valence-electron chi connectivity index (χ4n) is 2.57. The van der Waals surface area contributed by atoms with Crippen molar-refractivity contribution in [3.63, 3.8) is 0 Å². The molecule has 6 heteroatoms. The highest BCUT2D eigenvalue weighted by Crippen LogP contribution is 2.23. The SMILES string of the molecule is COC(CN)C(=O)N1CCN2C(=O)CCC2C1. The largest absolute Gasteiger partial charge is 0.370 e. The first kappa shape index (κ1) is 12.3. The molecule has 6 nitrogen and oxygen atoms in total. The average Bonchev–Trinajstić information content (AvgIpc) is 2.72. The van der Waals surface area contributed by atoms with E-state index in [-0.39, 0.29) is 24.4 Å². The van der Waals surface area contributed by atoms with Crippen LogP contribution in [0, 0.1) is 0 Å². The maximum Gasteiger partial charge on any atom is 0.253 e. The number of carbonyl (C=O) groups is 2. The van der Waals surface area contributed by atoms with Gasteiger partial charge in [0.05, 0.1) is 0 Å². The molecular formula is C11H19N3O3. The van der Waals surface area contributed by atoms with Crippen LogP contribution in [0.4, 0.5) is 0 Å². The van der Waals surface area contributed by atoms with Gasteiger partial charge in [-0.2, -0.15) is 0 Å². The molecule has 2 N–H and O–H groups in total. The van der Waals surface area contributed by atoms with E-state index in [9.17, 15) is 9.59 Å². The van der Waals surface area contributed by atoms with Gasteiger partial charge in [0.2, 0.25) is 5.91 Å². The summed E-state index contributed by atoms with van der Waals surface area (Å²) in [6, 6.07) is 0.190. The highest BCUT2D eigenvalue weighted by molar-refractivity contribution is 5.83. The van der Waals surface area contributed by atoms with Crippen molar-refractivity contribution in [2.24, 2.45) is 5.73 Å². The summed E-state index contributed by atoms with van der Waals surface area (Å²) >= 11 is 0. The molecule has 96 valence electrons. The van der Waals surface area contributed by atoms with Crippen LogP contribution in [0.15, 0.2) is 0 Å². The molecule has 2 aliphatic rings. The molecule has 2 amide bonds. The summed E-state index contributed by atoms with van der Waals surface area (Å²) in [7, 11) is 1.49. The lowest BCUT2D eigenvalue weighted by Gasteiger charge is -2.38. The van der Waals surface area contributed by atoms with Crippen molar-refractivity contribution < 1.29 is 14.3 Å². The van der Waals surface area contributed by atoms with E-state index in [1.165, 1.54) is 7.11 Å². The van der Waals surface area contributed by atoms with Crippen LogP contribution < -0.4 is 5.73 Å². The van der Waals surface area contributed by atoms with Gasteiger partial charge < -0.3 is 20.3 Å². The van der Waals surface area contributed by atoms with Crippen molar-refractivity contribution in [1.82, 2.24) is 9.80 Å². The number of fused-ring (bicyclic) bond motifs is 1. The normalized spacial score (nSPS) is 26.0. The maximum atomic E-state index is 12.0. The number of amides is 2. The number of carbonyl (C=O) groups excluding carboxylic acids is 2. The molecule has 2 heterocycles. The fraction of sp³-hybridized carbons (Fsp3) is 0.818. The second-order valence-electron chi connectivity index (χ2n) is 4.52. The Morgan fingerprint density at radius 2 is 2.35 bits per heavy atom. The van der Waals surface area contributed by atoms with Crippen LogP contribution in [0.5, 0.6) is 0 Å². The number of methoxy groups -OCH3 is 1. The van der Waals surface area contributed by atoms with Crippen molar-refractivity contribution >= 4 is 11.8 Å². The van der Waals surface area contributed by atoms with E-state index in [0.717, 1.165) is 6.42 Å². The van der Waals surface area contributed by atoms with Crippen LogP contribution in [0.1, 0.15) is 12.8 Å². The van der Waals surface area contributed by atoms with Crippen molar-refractivity contribution in [2.45, 2.75) is 25.0 Å². The Balaban J connectivity index is 1.97. The molecule has 2 saturated heterocycles. The molecular weight excluding hydrogens is 222 g/mol. The third-order valence-corrected chi connectivity index (χ3v) is 3.58. The maximum absolute atomic E-state index is 12.0. The number of nitrogens with two attached hydrogens (primary N) is 1. The Labute approximate surface area is 101 Å². The van der Waals surface area contributed by atoms with Gasteiger partial charge in [0.1, 0.15) is 6.10 Å². The minimum absolute atomic E-state index is 0.0611. The molecule has 2 fully saturated rings. The lowest BCUT2D eigenvalue weighted by molar-refractivity contribution is -0.146. The van der Waals surface area contributed by atoms with Crippen LogP contribution in [-0.2, 0) is 14.3 Å². The molecule has 0 aromatic rings. The fourth-order valence-corrected chi connectivity index (χ4v) is 2.57. The lowest BCUT2D eigenvalue weighted by atomic mass is 10.1. The zero-order valence-corrected chi connectivity index (χ0v) is 10.1. The Morgan fingerprint density at radius 1 is 1.59 bits per heavy atom. The molecule has 2 aliphatic heterocycles. The molecule has 0 aromatic heterocycles. The summed E-state index contributed by atoms with van der Waals surface area (Å²) in [5.41, 5.74) is 5.48. The zero-order valence-electron chi connectivity index (χ0n) is 10.1. The summed E-state index contributed by atoms with van der Waals surface area (Å²) in [6.07, 6.45) is 0.902. The zero-order chi connectivity index (χ0) is 12.4. The third-order valence-electron chi connectivity index (χ3n) is 3.58. The highest BCUT2D eigenvalue weighted by Gasteiger charge is 2.38. The number of hydrogen-bond donors (Lipinski definition) is 1. The minimum atomic E-state index is -0.557. The number of rotatable bonds is 3. The first-order valence-electron chi connectivity index (χ1n) is 5.98. The predicted octanol–water partition coefficient (Wildman–Crippen LogP) is -1.21. The molecule has 0 bridgehead atoms. The molecule has 2 atom stereocenters. The minimum Gasteiger partial charge on any atom is -0.370 e. The van der Waals surface area contributed by atoms with Crippen molar-refractivity contribution in [3.05, 3.63) is 0 Å². The van der Waals surface area contributed by atoms with Crippen molar-refractivity contribution in [1.29, 1.82) is 0 Å². The van der Waals surface area contributed by atoms with Crippen LogP contribution in [0.3, 0.4) is 0 Å². The predicted molar refractivity (Wildman–Crippen MR) is 61.2 cm³/mol. The summed E-state index contributed by atoms with van der Waals surface area (Å²) < 4.78 is 5.05. The number of piperazine rings is 1. The Morgan fingerprint density at radius 3 is 3.00 bits per heavy atom. The first-order valence-corrected chi connectivity index (χ1v) is 5.98. The molecule has 0 spiro atoms. The number of ether oxygens (including phenoxy) is 1. The standard InChI is InChI=1S/C11H19N3O3/c1-17-9(6-12)11(16)13-4-5-14-8(7-13)2-3-10(14)15/h8-9H,2-7,12H2,1H3. The summed E-state index contributed by atoms with van der Waals surface area (Å²) in [5.74, 6) is 0.151. The van der Waals surface area contributed by atoms with Crippen LogP contribution in [0.2, 0.25) is 0 Å². The smallest absolute Gasteiger partial charge is 0.253 e. The Bertz CT molecular complexity index is 317. The quantitative estimate of drug-likeness (QED) is 0.673.